The van der Waals surface area contributed by atoms with Crippen LogP contribution in [0.5, 0.6) is 0 Å². The van der Waals surface area contributed by atoms with E-state index in [0.29, 0.717) is 12.5 Å². The maximum atomic E-state index is 11.7. The van der Waals surface area contributed by atoms with E-state index in [1.54, 1.807) is 13.8 Å². The third-order valence-corrected chi connectivity index (χ3v) is 4.39. The lowest BCUT2D eigenvalue weighted by Gasteiger charge is -2.43. The van der Waals surface area contributed by atoms with Gasteiger partial charge in [-0.2, -0.15) is 0 Å². The summed E-state index contributed by atoms with van der Waals surface area (Å²) in [7, 11) is 0. The Hall–Kier alpha value is -1.14. The third-order valence-electron chi connectivity index (χ3n) is 4.39. The molecule has 6 atom stereocenters. The van der Waals surface area contributed by atoms with E-state index in [4.69, 9.17) is 18.9 Å². The van der Waals surface area contributed by atoms with Gasteiger partial charge in [0.25, 0.3) is 0 Å². The summed E-state index contributed by atoms with van der Waals surface area (Å²) in [6, 6.07) is 0. The summed E-state index contributed by atoms with van der Waals surface area (Å²) in [6.07, 6.45) is -1.46. The summed E-state index contributed by atoms with van der Waals surface area (Å²) in [5.41, 5.74) is 0. The maximum Gasteiger partial charge on any atom is 0.335 e. The number of hydrogen-bond acceptors (Lipinski definition) is 6. The van der Waals surface area contributed by atoms with E-state index in [9.17, 15) is 9.59 Å². The lowest BCUT2D eigenvalue weighted by molar-refractivity contribution is -0.268. The van der Waals surface area contributed by atoms with Crippen LogP contribution in [-0.2, 0) is 28.5 Å². The van der Waals surface area contributed by atoms with Gasteiger partial charge in [0.15, 0.2) is 12.4 Å². The van der Waals surface area contributed by atoms with Crippen LogP contribution in [0.1, 0.15) is 41.5 Å². The van der Waals surface area contributed by atoms with Crippen LogP contribution in [0.15, 0.2) is 0 Å². The summed E-state index contributed by atoms with van der Waals surface area (Å²) < 4.78 is 21.7. The first-order valence-corrected chi connectivity index (χ1v) is 7.88. The summed E-state index contributed by atoms with van der Waals surface area (Å²) in [6.45, 7) is 11.5. The molecule has 0 N–H and O–H groups in total. The Morgan fingerprint density at radius 2 is 1.73 bits per heavy atom. The lowest BCUT2D eigenvalue weighted by Crippen LogP contribution is -2.49. The highest BCUT2D eigenvalue weighted by molar-refractivity contribution is 5.74. The number of rotatable bonds is 6. The van der Waals surface area contributed by atoms with Crippen LogP contribution in [0.4, 0.5) is 0 Å². The van der Waals surface area contributed by atoms with Crippen LogP contribution < -0.4 is 0 Å². The number of esters is 2. The molecule has 1 rings (SSSR count). The molecule has 6 heteroatoms. The average molecular weight is 316 g/mol. The van der Waals surface area contributed by atoms with Gasteiger partial charge in [0.1, 0.15) is 6.61 Å². The maximum absolute atomic E-state index is 11.7. The molecule has 0 spiro atoms. The van der Waals surface area contributed by atoms with E-state index >= 15 is 0 Å². The van der Waals surface area contributed by atoms with E-state index in [-0.39, 0.29) is 30.5 Å². The van der Waals surface area contributed by atoms with Gasteiger partial charge in [-0.3, -0.25) is 4.79 Å². The second-order valence-electron chi connectivity index (χ2n) is 5.95. The molecular formula is C16H28O6. The Morgan fingerprint density at radius 3 is 2.27 bits per heavy atom. The van der Waals surface area contributed by atoms with Crippen molar-refractivity contribution >= 4 is 11.9 Å². The first-order chi connectivity index (χ1) is 10.3. The monoisotopic (exact) mass is 316 g/mol. The molecule has 1 saturated heterocycles. The van der Waals surface area contributed by atoms with E-state index in [0.717, 1.165) is 0 Å². The third kappa shape index (κ3) is 4.95. The molecule has 3 unspecified atom stereocenters. The summed E-state index contributed by atoms with van der Waals surface area (Å²) in [5, 5.41) is 0. The van der Waals surface area contributed by atoms with Crippen LogP contribution in [0.2, 0.25) is 0 Å². The minimum atomic E-state index is -0.692. The second-order valence-corrected chi connectivity index (χ2v) is 5.95. The van der Waals surface area contributed by atoms with Gasteiger partial charge in [0.05, 0.1) is 12.7 Å². The zero-order chi connectivity index (χ0) is 16.9. The van der Waals surface area contributed by atoms with Gasteiger partial charge in [-0.1, -0.05) is 20.8 Å². The average Bonchev–Trinajstić information content (AvgIpc) is 2.46. The van der Waals surface area contributed by atoms with E-state index in [1.807, 2.05) is 6.92 Å². The van der Waals surface area contributed by atoms with Gasteiger partial charge in [-0.25, -0.2) is 4.79 Å². The van der Waals surface area contributed by atoms with Crippen LogP contribution in [0.3, 0.4) is 0 Å². The molecule has 1 aliphatic rings. The van der Waals surface area contributed by atoms with Crippen LogP contribution in [-0.4, -0.2) is 43.7 Å². The predicted octanol–water partition coefficient (Wildman–Crippen LogP) is 2.15. The highest BCUT2D eigenvalue weighted by Crippen LogP contribution is 2.36. The predicted molar refractivity (Wildman–Crippen MR) is 80.0 cm³/mol. The zero-order valence-electron chi connectivity index (χ0n) is 14.3. The summed E-state index contributed by atoms with van der Waals surface area (Å²) in [4.78, 5) is 22.7. The first kappa shape index (κ1) is 18.9. The van der Waals surface area contributed by atoms with Crippen molar-refractivity contribution in [1.29, 1.82) is 0 Å². The Bertz CT molecular complexity index is 383. The van der Waals surface area contributed by atoms with Crippen molar-refractivity contribution in [3.8, 4) is 0 Å². The fourth-order valence-electron chi connectivity index (χ4n) is 2.55. The van der Waals surface area contributed by atoms with Crippen LogP contribution in [0.25, 0.3) is 0 Å². The van der Waals surface area contributed by atoms with Gasteiger partial charge in [0, 0.05) is 12.8 Å². The quantitative estimate of drug-likeness (QED) is 0.699. The molecular weight excluding hydrogens is 288 g/mol. The van der Waals surface area contributed by atoms with Gasteiger partial charge >= 0.3 is 11.9 Å². The van der Waals surface area contributed by atoms with Gasteiger partial charge in [-0.05, 0) is 25.7 Å². The molecule has 6 nitrogen and oxygen atoms in total. The molecule has 0 aromatic rings. The molecule has 0 saturated carbocycles. The molecule has 0 aliphatic carbocycles. The molecule has 1 fully saturated rings. The first-order valence-electron chi connectivity index (χ1n) is 7.88. The fourth-order valence-corrected chi connectivity index (χ4v) is 2.55. The molecule has 22 heavy (non-hydrogen) atoms. The van der Waals surface area contributed by atoms with Crippen molar-refractivity contribution in [3.05, 3.63) is 0 Å². The Labute approximate surface area is 132 Å². The fraction of sp³-hybridized carbons (Fsp3) is 0.875. The molecule has 0 amide bonds. The normalized spacial score (nSPS) is 33.1. The Balaban J connectivity index is 2.68. The zero-order valence-corrected chi connectivity index (χ0v) is 14.3. The molecule has 0 radical (unpaired) electrons. The summed E-state index contributed by atoms with van der Waals surface area (Å²) in [5.74, 6) is -0.0678. The number of carbonyl (C=O) groups is 2. The number of carbonyl (C=O) groups excluding carboxylic acids is 2. The molecule has 0 bridgehead atoms. The Kier molecular flexibility index (Phi) is 7.29. The van der Waals surface area contributed by atoms with Crippen molar-refractivity contribution in [2.75, 3.05) is 13.2 Å². The molecule has 128 valence electrons. The minimum Gasteiger partial charge on any atom is -0.464 e. The number of hydrogen-bond donors (Lipinski definition) is 0. The topological polar surface area (TPSA) is 71.1 Å². The van der Waals surface area contributed by atoms with E-state index in [2.05, 4.69) is 13.8 Å². The van der Waals surface area contributed by atoms with Crippen molar-refractivity contribution in [1.82, 2.24) is 0 Å². The standard InChI is InChI=1S/C16H28O6/c1-7-19-15(18)12(5)21-16-11(4)9(2)10(3)14(22-16)8-20-13(6)17/h9-12,14,16H,7-8H2,1-6H3/t9-,10-,11?,12?,14?,16-/m0/s1. The lowest BCUT2D eigenvalue weighted by atomic mass is 9.79. The van der Waals surface area contributed by atoms with Crippen molar-refractivity contribution in [2.45, 2.75) is 60.0 Å². The minimum absolute atomic E-state index is 0.125. The van der Waals surface area contributed by atoms with Crippen LogP contribution >= 0.6 is 0 Å². The van der Waals surface area contributed by atoms with Gasteiger partial charge in [-0.15, -0.1) is 0 Å². The molecule has 0 aromatic heterocycles. The van der Waals surface area contributed by atoms with Gasteiger partial charge < -0.3 is 18.9 Å². The van der Waals surface area contributed by atoms with Gasteiger partial charge in [0.2, 0.25) is 0 Å². The summed E-state index contributed by atoms with van der Waals surface area (Å²) >= 11 is 0. The van der Waals surface area contributed by atoms with E-state index in [1.165, 1.54) is 6.92 Å². The molecule has 1 heterocycles. The SMILES string of the molecule is CCOC(=O)C(C)O[C@H]1OC(COC(C)=O)[C@@H](C)[C@H](C)C1C. The largest absolute Gasteiger partial charge is 0.464 e. The smallest absolute Gasteiger partial charge is 0.335 e. The van der Waals surface area contributed by atoms with Crippen molar-refractivity contribution in [2.24, 2.45) is 17.8 Å². The highest BCUT2D eigenvalue weighted by Gasteiger charge is 2.41. The Morgan fingerprint density at radius 1 is 1.09 bits per heavy atom. The van der Waals surface area contributed by atoms with Crippen molar-refractivity contribution < 1.29 is 28.5 Å². The molecule has 1 aliphatic heterocycles. The van der Waals surface area contributed by atoms with Crippen molar-refractivity contribution in [3.63, 3.8) is 0 Å². The molecule has 0 aromatic carbocycles. The highest BCUT2D eigenvalue weighted by atomic mass is 16.7. The second kappa shape index (κ2) is 8.48. The number of ether oxygens (including phenoxy) is 4. The van der Waals surface area contributed by atoms with E-state index < -0.39 is 18.4 Å². The van der Waals surface area contributed by atoms with Crippen LogP contribution in [0, 0.1) is 17.8 Å².